The molecule has 0 heterocycles. The van der Waals surface area contributed by atoms with Crippen molar-refractivity contribution in [2.45, 2.75) is 26.9 Å². The molecule has 0 radical (unpaired) electrons. The first kappa shape index (κ1) is 8.92. The molecule has 0 unspecified atom stereocenters. The van der Waals surface area contributed by atoms with Crippen molar-refractivity contribution >= 4 is 0 Å². The van der Waals surface area contributed by atoms with E-state index in [4.69, 9.17) is 9.47 Å². The van der Waals surface area contributed by atoms with Crippen LogP contribution in [0.2, 0.25) is 0 Å². The average Bonchev–Trinajstić information content (AvgIpc) is 1.85. The van der Waals surface area contributed by atoms with Gasteiger partial charge in [-0.05, 0) is 20.8 Å². The van der Waals surface area contributed by atoms with Crippen molar-refractivity contribution in [1.29, 1.82) is 0 Å². The maximum atomic E-state index is 5.22. The van der Waals surface area contributed by atoms with Gasteiger partial charge in [0.15, 0.2) is 0 Å². The minimum atomic E-state index is 0.245. The first-order valence-corrected chi connectivity index (χ1v) is 3.50. The largest absolute Gasteiger partial charge is 0.379 e. The Kier molecular flexibility index (Phi) is 5.99. The molecule has 1 atom stereocenters. The topological polar surface area (TPSA) is 18.5 Å². The Bertz CT molecular complexity index is 54.9. The van der Waals surface area contributed by atoms with Crippen LogP contribution in [0.25, 0.3) is 0 Å². The third-order valence-corrected chi connectivity index (χ3v) is 1.01. The molecule has 0 bridgehead atoms. The molecule has 0 spiro atoms. The molecule has 0 rings (SSSR count). The van der Waals surface area contributed by atoms with Crippen LogP contribution in [0.15, 0.2) is 0 Å². The second-order valence-electron chi connectivity index (χ2n) is 1.93. The van der Waals surface area contributed by atoms with Crippen molar-refractivity contribution in [1.82, 2.24) is 0 Å². The summed E-state index contributed by atoms with van der Waals surface area (Å²) in [5.41, 5.74) is 0. The van der Waals surface area contributed by atoms with Crippen molar-refractivity contribution in [3.8, 4) is 0 Å². The van der Waals surface area contributed by atoms with Crippen molar-refractivity contribution < 1.29 is 9.47 Å². The summed E-state index contributed by atoms with van der Waals surface area (Å²) in [4.78, 5) is 0. The first-order valence-electron chi connectivity index (χ1n) is 3.50. The molecule has 0 aromatic carbocycles. The van der Waals surface area contributed by atoms with E-state index in [0.717, 1.165) is 13.2 Å². The quantitative estimate of drug-likeness (QED) is 0.563. The third kappa shape index (κ3) is 5.80. The number of ether oxygens (including phenoxy) is 2. The van der Waals surface area contributed by atoms with Gasteiger partial charge in [-0.2, -0.15) is 0 Å². The van der Waals surface area contributed by atoms with Gasteiger partial charge in [0, 0.05) is 13.2 Å². The van der Waals surface area contributed by atoms with Crippen LogP contribution >= 0.6 is 0 Å². The summed E-state index contributed by atoms with van der Waals surface area (Å²) >= 11 is 0. The molecule has 0 aliphatic heterocycles. The van der Waals surface area contributed by atoms with Crippen LogP contribution in [-0.4, -0.2) is 25.9 Å². The highest BCUT2D eigenvalue weighted by molar-refractivity contribution is 4.44. The highest BCUT2D eigenvalue weighted by atomic mass is 16.5. The Hall–Kier alpha value is -0.0800. The van der Waals surface area contributed by atoms with Crippen molar-refractivity contribution in [3.63, 3.8) is 0 Å². The summed E-state index contributed by atoms with van der Waals surface area (Å²) in [6.07, 6.45) is 0.245. The summed E-state index contributed by atoms with van der Waals surface area (Å²) in [7, 11) is 0. The van der Waals surface area contributed by atoms with Crippen LogP contribution in [0, 0.1) is 0 Å². The smallest absolute Gasteiger partial charge is 0.0780 e. The van der Waals surface area contributed by atoms with E-state index in [9.17, 15) is 0 Å². The molecule has 0 aliphatic carbocycles. The summed E-state index contributed by atoms with van der Waals surface area (Å²) in [6.45, 7) is 8.25. The van der Waals surface area contributed by atoms with Crippen LogP contribution in [-0.2, 0) is 9.47 Å². The fraction of sp³-hybridized carbons (Fsp3) is 1.00. The van der Waals surface area contributed by atoms with Crippen LogP contribution in [0.3, 0.4) is 0 Å². The van der Waals surface area contributed by atoms with Gasteiger partial charge in [-0.25, -0.2) is 0 Å². The molecule has 0 aromatic heterocycles. The van der Waals surface area contributed by atoms with E-state index in [0.29, 0.717) is 6.61 Å². The zero-order valence-corrected chi connectivity index (χ0v) is 6.52. The standard InChI is InChI=1S/C7H16O2/c1-4-8-6-7(3)9-5-2/h7H,4-6H2,1-3H3/t7-/m1/s1. The molecule has 0 aromatic rings. The monoisotopic (exact) mass is 132 g/mol. The molecule has 56 valence electrons. The molecule has 2 heteroatoms. The lowest BCUT2D eigenvalue weighted by molar-refractivity contribution is 0.00215. The van der Waals surface area contributed by atoms with E-state index in [-0.39, 0.29) is 6.10 Å². The van der Waals surface area contributed by atoms with Crippen LogP contribution in [0.4, 0.5) is 0 Å². The predicted octanol–water partition coefficient (Wildman–Crippen LogP) is 1.45. The molecular weight excluding hydrogens is 116 g/mol. The fourth-order valence-electron chi connectivity index (χ4n) is 0.616. The summed E-state index contributed by atoms with van der Waals surface area (Å²) in [6, 6.07) is 0. The second kappa shape index (κ2) is 6.05. The molecule has 0 amide bonds. The summed E-state index contributed by atoms with van der Waals surface area (Å²) < 4.78 is 10.3. The summed E-state index contributed by atoms with van der Waals surface area (Å²) in [5.74, 6) is 0. The van der Waals surface area contributed by atoms with Crippen molar-refractivity contribution in [2.75, 3.05) is 19.8 Å². The maximum absolute atomic E-state index is 5.22. The third-order valence-electron chi connectivity index (χ3n) is 1.01. The van der Waals surface area contributed by atoms with E-state index in [1.807, 2.05) is 20.8 Å². The van der Waals surface area contributed by atoms with Crippen molar-refractivity contribution in [2.24, 2.45) is 0 Å². The van der Waals surface area contributed by atoms with Crippen LogP contribution in [0.5, 0.6) is 0 Å². The van der Waals surface area contributed by atoms with E-state index in [2.05, 4.69) is 0 Å². The number of hydrogen-bond acceptors (Lipinski definition) is 2. The molecule has 0 fully saturated rings. The molecule has 0 saturated heterocycles. The van der Waals surface area contributed by atoms with Gasteiger partial charge in [0.25, 0.3) is 0 Å². The first-order chi connectivity index (χ1) is 4.31. The van der Waals surface area contributed by atoms with E-state index in [1.165, 1.54) is 0 Å². The lowest BCUT2D eigenvalue weighted by Gasteiger charge is -2.09. The van der Waals surface area contributed by atoms with E-state index >= 15 is 0 Å². The van der Waals surface area contributed by atoms with Crippen LogP contribution < -0.4 is 0 Å². The van der Waals surface area contributed by atoms with Gasteiger partial charge in [-0.1, -0.05) is 0 Å². The molecule has 0 aliphatic rings. The lowest BCUT2D eigenvalue weighted by Crippen LogP contribution is -2.15. The van der Waals surface area contributed by atoms with Crippen molar-refractivity contribution in [3.05, 3.63) is 0 Å². The highest BCUT2D eigenvalue weighted by Crippen LogP contribution is 1.90. The Morgan fingerprint density at radius 3 is 2.33 bits per heavy atom. The number of rotatable bonds is 5. The van der Waals surface area contributed by atoms with Gasteiger partial charge in [-0.3, -0.25) is 0 Å². The minimum Gasteiger partial charge on any atom is -0.379 e. The van der Waals surface area contributed by atoms with Gasteiger partial charge in [-0.15, -0.1) is 0 Å². The second-order valence-corrected chi connectivity index (χ2v) is 1.93. The minimum absolute atomic E-state index is 0.245. The molecule has 9 heavy (non-hydrogen) atoms. The SMILES string of the molecule is CCOC[C@@H](C)OCC. The van der Waals surface area contributed by atoms with Gasteiger partial charge < -0.3 is 9.47 Å². The lowest BCUT2D eigenvalue weighted by atomic mass is 10.4. The van der Waals surface area contributed by atoms with Gasteiger partial charge in [0.2, 0.25) is 0 Å². The van der Waals surface area contributed by atoms with E-state index in [1.54, 1.807) is 0 Å². The Labute approximate surface area is 57.2 Å². The Balaban J connectivity index is 2.95. The van der Waals surface area contributed by atoms with E-state index < -0.39 is 0 Å². The molecule has 0 N–H and O–H groups in total. The number of hydrogen-bond donors (Lipinski definition) is 0. The normalized spacial score (nSPS) is 13.7. The summed E-state index contributed by atoms with van der Waals surface area (Å²) in [5, 5.41) is 0. The van der Waals surface area contributed by atoms with Gasteiger partial charge >= 0.3 is 0 Å². The maximum Gasteiger partial charge on any atom is 0.0780 e. The Morgan fingerprint density at radius 2 is 1.89 bits per heavy atom. The zero-order valence-electron chi connectivity index (χ0n) is 6.52. The zero-order chi connectivity index (χ0) is 7.11. The molecular formula is C7H16O2. The highest BCUT2D eigenvalue weighted by Gasteiger charge is 1.97. The fourth-order valence-corrected chi connectivity index (χ4v) is 0.616. The van der Waals surface area contributed by atoms with Gasteiger partial charge in [0.1, 0.15) is 0 Å². The molecule has 0 saturated carbocycles. The van der Waals surface area contributed by atoms with Gasteiger partial charge in [0.05, 0.1) is 12.7 Å². The molecule has 2 nitrogen and oxygen atoms in total. The van der Waals surface area contributed by atoms with Crippen LogP contribution in [0.1, 0.15) is 20.8 Å². The average molecular weight is 132 g/mol. The Morgan fingerprint density at radius 1 is 1.22 bits per heavy atom. The predicted molar refractivity (Wildman–Crippen MR) is 37.6 cm³/mol.